The summed E-state index contributed by atoms with van der Waals surface area (Å²) in [6.07, 6.45) is 5.76. The van der Waals surface area contributed by atoms with Gasteiger partial charge in [-0.05, 0) is 59.0 Å². The third-order valence-electron chi connectivity index (χ3n) is 5.93. The standard InChI is InChI=1S/C20H25BrN4OS/c1-5-20(3,4)12-7-8-13-14(10-22)19(27-16(13)9-12)24-18(26)17-15(21)11-23-25(17)6-2/h11-12H,5-9H2,1-4H3,(H,24,26)/t12-/m1/s1. The zero-order chi connectivity index (χ0) is 19.8. The summed E-state index contributed by atoms with van der Waals surface area (Å²) in [4.78, 5) is 14.1. The van der Waals surface area contributed by atoms with Gasteiger partial charge in [0, 0.05) is 11.4 Å². The van der Waals surface area contributed by atoms with E-state index >= 15 is 0 Å². The molecule has 0 aromatic carbocycles. The summed E-state index contributed by atoms with van der Waals surface area (Å²) in [5, 5.41) is 17.5. The highest BCUT2D eigenvalue weighted by atomic mass is 79.9. The molecule has 2 aromatic heterocycles. The summed E-state index contributed by atoms with van der Waals surface area (Å²) in [6.45, 7) is 9.44. The van der Waals surface area contributed by atoms with Gasteiger partial charge in [0.05, 0.1) is 16.2 Å². The lowest BCUT2D eigenvalue weighted by Crippen LogP contribution is -2.28. The Hall–Kier alpha value is -1.65. The van der Waals surface area contributed by atoms with E-state index in [0.29, 0.717) is 33.2 Å². The molecule has 0 fully saturated rings. The largest absolute Gasteiger partial charge is 0.311 e. The maximum absolute atomic E-state index is 12.8. The van der Waals surface area contributed by atoms with Crippen LogP contribution in [-0.2, 0) is 19.4 Å². The highest BCUT2D eigenvalue weighted by molar-refractivity contribution is 9.10. The molecule has 0 aliphatic heterocycles. The monoisotopic (exact) mass is 448 g/mol. The molecular weight excluding hydrogens is 424 g/mol. The van der Waals surface area contributed by atoms with E-state index in [4.69, 9.17) is 0 Å². The van der Waals surface area contributed by atoms with Crippen LogP contribution in [0.15, 0.2) is 10.7 Å². The van der Waals surface area contributed by atoms with Crippen molar-refractivity contribution in [3.63, 3.8) is 0 Å². The second-order valence-electron chi connectivity index (χ2n) is 7.71. The van der Waals surface area contributed by atoms with Crippen LogP contribution in [0.3, 0.4) is 0 Å². The summed E-state index contributed by atoms with van der Waals surface area (Å²) in [7, 11) is 0. The van der Waals surface area contributed by atoms with Crippen molar-refractivity contribution in [3.8, 4) is 6.07 Å². The van der Waals surface area contributed by atoms with Gasteiger partial charge < -0.3 is 5.32 Å². The summed E-state index contributed by atoms with van der Waals surface area (Å²) in [5.41, 5.74) is 2.53. The van der Waals surface area contributed by atoms with Crippen LogP contribution in [0.25, 0.3) is 0 Å². The predicted molar refractivity (Wildman–Crippen MR) is 112 cm³/mol. The lowest BCUT2D eigenvalue weighted by molar-refractivity contribution is 0.101. The first kappa shape index (κ1) is 20.1. The van der Waals surface area contributed by atoms with E-state index < -0.39 is 0 Å². The number of halogens is 1. The molecule has 1 amide bonds. The van der Waals surface area contributed by atoms with Gasteiger partial charge >= 0.3 is 0 Å². The number of nitriles is 1. The van der Waals surface area contributed by atoms with Crippen molar-refractivity contribution in [2.75, 3.05) is 5.32 Å². The lowest BCUT2D eigenvalue weighted by atomic mass is 9.69. The third-order valence-corrected chi connectivity index (χ3v) is 7.68. The minimum atomic E-state index is -0.234. The number of rotatable bonds is 5. The Kier molecular flexibility index (Phi) is 5.78. The van der Waals surface area contributed by atoms with Crippen LogP contribution in [0.4, 0.5) is 5.00 Å². The van der Waals surface area contributed by atoms with E-state index in [9.17, 15) is 10.1 Å². The fourth-order valence-electron chi connectivity index (χ4n) is 3.74. The van der Waals surface area contributed by atoms with E-state index in [1.54, 1.807) is 22.2 Å². The number of thiophene rings is 1. The summed E-state index contributed by atoms with van der Waals surface area (Å²) in [6, 6.07) is 2.33. The maximum Gasteiger partial charge on any atom is 0.275 e. The van der Waals surface area contributed by atoms with Crippen molar-refractivity contribution in [1.82, 2.24) is 9.78 Å². The number of nitrogens with one attached hydrogen (secondary N) is 1. The molecular formula is C20H25BrN4OS. The molecule has 27 heavy (non-hydrogen) atoms. The predicted octanol–water partition coefficient (Wildman–Crippen LogP) is 5.39. The Balaban J connectivity index is 1.89. The zero-order valence-corrected chi connectivity index (χ0v) is 18.6. The van der Waals surface area contributed by atoms with Crippen LogP contribution in [0.1, 0.15) is 67.0 Å². The summed E-state index contributed by atoms with van der Waals surface area (Å²) >= 11 is 4.96. The van der Waals surface area contributed by atoms with Crippen LogP contribution < -0.4 is 5.32 Å². The number of carbonyl (C=O) groups excluding carboxylic acids is 1. The van der Waals surface area contributed by atoms with Crippen molar-refractivity contribution >= 4 is 38.2 Å². The van der Waals surface area contributed by atoms with Gasteiger partial charge in [-0.2, -0.15) is 10.4 Å². The van der Waals surface area contributed by atoms with E-state index in [-0.39, 0.29) is 11.3 Å². The van der Waals surface area contributed by atoms with Gasteiger partial charge in [-0.3, -0.25) is 9.48 Å². The van der Waals surface area contributed by atoms with Gasteiger partial charge in [0.1, 0.15) is 16.8 Å². The van der Waals surface area contributed by atoms with Crippen molar-refractivity contribution in [2.45, 2.75) is 59.9 Å². The Morgan fingerprint density at radius 2 is 2.26 bits per heavy atom. The summed E-state index contributed by atoms with van der Waals surface area (Å²) < 4.78 is 2.31. The fourth-order valence-corrected chi connectivity index (χ4v) is 5.49. The first-order valence-electron chi connectivity index (χ1n) is 9.39. The Morgan fingerprint density at radius 1 is 1.52 bits per heavy atom. The second-order valence-corrected chi connectivity index (χ2v) is 9.67. The lowest BCUT2D eigenvalue weighted by Gasteiger charge is -2.36. The van der Waals surface area contributed by atoms with Gasteiger partial charge in [0.25, 0.3) is 5.91 Å². The van der Waals surface area contributed by atoms with Crippen molar-refractivity contribution < 1.29 is 4.79 Å². The fraction of sp³-hybridized carbons (Fsp3) is 0.550. The molecule has 2 aromatic rings. The molecule has 0 bridgehead atoms. The molecule has 0 unspecified atom stereocenters. The Bertz CT molecular complexity index is 906. The number of nitrogens with zero attached hydrogens (tertiary/aromatic N) is 3. The molecule has 1 atom stereocenters. The Morgan fingerprint density at radius 3 is 2.89 bits per heavy atom. The van der Waals surface area contributed by atoms with Gasteiger partial charge in [-0.1, -0.05) is 27.2 Å². The minimum Gasteiger partial charge on any atom is -0.311 e. The molecule has 7 heteroatoms. The van der Waals surface area contributed by atoms with E-state index in [1.165, 1.54) is 4.88 Å². The van der Waals surface area contributed by atoms with Crippen LogP contribution in [0, 0.1) is 22.7 Å². The minimum absolute atomic E-state index is 0.234. The normalized spacial score (nSPS) is 16.7. The van der Waals surface area contributed by atoms with Gasteiger partial charge in [0.2, 0.25) is 0 Å². The average molecular weight is 449 g/mol. The average Bonchev–Trinajstić information content (AvgIpc) is 3.20. The Labute approximate surface area is 172 Å². The van der Waals surface area contributed by atoms with E-state index in [2.05, 4.69) is 53.2 Å². The second kappa shape index (κ2) is 7.76. The molecule has 1 aliphatic carbocycles. The molecule has 0 saturated carbocycles. The number of aryl methyl sites for hydroxylation is 1. The number of fused-ring (bicyclic) bond motifs is 1. The molecule has 0 radical (unpaired) electrons. The van der Waals surface area contributed by atoms with Crippen LogP contribution in [-0.4, -0.2) is 15.7 Å². The SMILES string of the molecule is CCn1ncc(Br)c1C(=O)Nc1sc2c(c1C#N)CC[C@@H](C(C)(C)CC)C2. The molecule has 3 rings (SSSR count). The molecule has 1 aliphatic rings. The maximum atomic E-state index is 12.8. The van der Waals surface area contributed by atoms with Crippen molar-refractivity contribution in [1.29, 1.82) is 5.26 Å². The number of anilines is 1. The number of amides is 1. The number of hydrogen-bond donors (Lipinski definition) is 1. The first-order chi connectivity index (χ1) is 12.8. The molecule has 0 saturated heterocycles. The van der Waals surface area contributed by atoms with Gasteiger partial charge in [-0.15, -0.1) is 11.3 Å². The summed E-state index contributed by atoms with van der Waals surface area (Å²) in [5.74, 6) is 0.376. The van der Waals surface area contributed by atoms with E-state index in [1.807, 2.05) is 6.92 Å². The van der Waals surface area contributed by atoms with Crippen molar-refractivity contribution in [2.24, 2.45) is 11.3 Å². The topological polar surface area (TPSA) is 70.7 Å². The third kappa shape index (κ3) is 3.70. The molecule has 2 heterocycles. The highest BCUT2D eigenvalue weighted by Gasteiger charge is 2.34. The highest BCUT2D eigenvalue weighted by Crippen LogP contribution is 2.45. The van der Waals surface area contributed by atoms with E-state index in [0.717, 1.165) is 31.2 Å². The smallest absolute Gasteiger partial charge is 0.275 e. The molecule has 5 nitrogen and oxygen atoms in total. The van der Waals surface area contributed by atoms with Crippen LogP contribution in [0.2, 0.25) is 0 Å². The molecule has 0 spiro atoms. The van der Waals surface area contributed by atoms with Gasteiger partial charge in [-0.25, -0.2) is 0 Å². The van der Waals surface area contributed by atoms with Crippen LogP contribution in [0.5, 0.6) is 0 Å². The number of carbonyl (C=O) groups is 1. The van der Waals surface area contributed by atoms with Crippen molar-refractivity contribution in [3.05, 3.63) is 32.4 Å². The first-order valence-corrected chi connectivity index (χ1v) is 11.0. The quantitative estimate of drug-likeness (QED) is 0.665. The van der Waals surface area contributed by atoms with Crippen LogP contribution >= 0.6 is 27.3 Å². The van der Waals surface area contributed by atoms with Gasteiger partial charge in [0.15, 0.2) is 0 Å². The zero-order valence-electron chi connectivity index (χ0n) is 16.2. The molecule has 1 N–H and O–H groups in total. The number of hydrogen-bond acceptors (Lipinski definition) is 4. The number of aromatic nitrogens is 2. The molecule has 144 valence electrons.